The van der Waals surface area contributed by atoms with Gasteiger partial charge in [-0.15, -0.1) is 0 Å². The molecule has 1 N–H and O–H groups in total. The van der Waals surface area contributed by atoms with Crippen LogP contribution >= 0.6 is 15.9 Å². The van der Waals surface area contributed by atoms with E-state index in [0.29, 0.717) is 28.5 Å². The van der Waals surface area contributed by atoms with Crippen molar-refractivity contribution in [3.63, 3.8) is 0 Å². The molecule has 0 bridgehead atoms. The Hall–Kier alpha value is -2.21. The lowest BCUT2D eigenvalue weighted by Crippen LogP contribution is -2.13. The summed E-state index contributed by atoms with van der Waals surface area (Å²) >= 11 is 3.44. The Balaban J connectivity index is 2.35. The first kappa shape index (κ1) is 17.1. The van der Waals surface area contributed by atoms with Crippen LogP contribution in [0.15, 0.2) is 34.8 Å². The maximum absolute atomic E-state index is 12.5. The van der Waals surface area contributed by atoms with Gasteiger partial charge in [-0.2, -0.15) is 0 Å². The van der Waals surface area contributed by atoms with Crippen LogP contribution in [0.5, 0.6) is 17.2 Å². The summed E-state index contributed by atoms with van der Waals surface area (Å²) in [4.78, 5) is 12.5. The van der Waals surface area contributed by atoms with E-state index in [2.05, 4.69) is 21.2 Å². The number of carbonyl (C=O) groups excluding carboxylic acids is 1. The normalized spacial score (nSPS) is 10.1. The number of anilines is 1. The zero-order valence-corrected chi connectivity index (χ0v) is 15.0. The molecule has 0 saturated carbocycles. The lowest BCUT2D eigenvalue weighted by Gasteiger charge is -2.14. The topological polar surface area (TPSA) is 56.8 Å². The number of amides is 1. The van der Waals surface area contributed by atoms with E-state index in [1.54, 1.807) is 12.1 Å². The minimum Gasteiger partial charge on any atom is -0.493 e. The maximum Gasteiger partial charge on any atom is 0.255 e. The number of aryl methyl sites for hydroxylation is 1. The Bertz CT molecular complexity index is 706. The molecule has 0 atom stereocenters. The van der Waals surface area contributed by atoms with Crippen LogP contribution in [0.25, 0.3) is 0 Å². The minimum atomic E-state index is -0.270. The molecule has 1 amide bonds. The van der Waals surface area contributed by atoms with Crippen LogP contribution in [0.4, 0.5) is 5.69 Å². The van der Waals surface area contributed by atoms with Gasteiger partial charge in [-0.25, -0.2) is 0 Å². The van der Waals surface area contributed by atoms with Gasteiger partial charge in [0.1, 0.15) is 0 Å². The summed E-state index contributed by atoms with van der Waals surface area (Å²) in [6, 6.07) is 8.92. The Labute approximate surface area is 143 Å². The molecule has 0 aromatic heterocycles. The van der Waals surface area contributed by atoms with E-state index in [0.717, 1.165) is 10.0 Å². The van der Waals surface area contributed by atoms with E-state index >= 15 is 0 Å². The molecule has 0 saturated heterocycles. The van der Waals surface area contributed by atoms with Gasteiger partial charge >= 0.3 is 0 Å². The lowest BCUT2D eigenvalue weighted by molar-refractivity contribution is 0.102. The predicted molar refractivity (Wildman–Crippen MR) is 92.9 cm³/mol. The van der Waals surface area contributed by atoms with E-state index < -0.39 is 0 Å². The van der Waals surface area contributed by atoms with E-state index in [1.807, 2.05) is 25.1 Å². The van der Waals surface area contributed by atoms with Gasteiger partial charge in [0.05, 0.1) is 27.0 Å². The Morgan fingerprint density at radius 2 is 1.61 bits per heavy atom. The van der Waals surface area contributed by atoms with Crippen LogP contribution in [0.2, 0.25) is 0 Å². The number of rotatable bonds is 5. The third-order valence-electron chi connectivity index (χ3n) is 3.30. The number of halogens is 1. The monoisotopic (exact) mass is 379 g/mol. The number of methoxy groups -OCH3 is 3. The highest BCUT2D eigenvalue weighted by Crippen LogP contribution is 2.38. The van der Waals surface area contributed by atoms with Crippen LogP contribution in [0, 0.1) is 6.92 Å². The summed E-state index contributed by atoms with van der Waals surface area (Å²) in [5, 5.41) is 2.86. The SMILES string of the molecule is COc1cc(C(=O)Nc2ccc(C)cc2Br)cc(OC)c1OC. The Morgan fingerprint density at radius 3 is 2.09 bits per heavy atom. The number of ether oxygens (including phenoxy) is 3. The molecule has 0 spiro atoms. The molecule has 0 heterocycles. The summed E-state index contributed by atoms with van der Waals surface area (Å²) in [5.41, 5.74) is 2.20. The van der Waals surface area contributed by atoms with Crippen molar-refractivity contribution in [1.82, 2.24) is 0 Å². The molecule has 2 rings (SSSR count). The van der Waals surface area contributed by atoms with E-state index in [9.17, 15) is 4.79 Å². The molecule has 122 valence electrons. The number of hydrogen-bond acceptors (Lipinski definition) is 4. The lowest BCUT2D eigenvalue weighted by atomic mass is 10.1. The molecule has 0 aliphatic carbocycles. The first-order valence-corrected chi connectivity index (χ1v) is 7.67. The summed E-state index contributed by atoms with van der Waals surface area (Å²) in [5.74, 6) is 1.04. The third kappa shape index (κ3) is 3.76. The van der Waals surface area contributed by atoms with Crippen molar-refractivity contribution in [3.05, 3.63) is 45.9 Å². The zero-order valence-electron chi connectivity index (χ0n) is 13.4. The van der Waals surface area contributed by atoms with Crippen molar-refractivity contribution in [3.8, 4) is 17.2 Å². The zero-order chi connectivity index (χ0) is 17.0. The molecule has 2 aromatic rings. The van der Waals surface area contributed by atoms with Crippen molar-refractivity contribution < 1.29 is 19.0 Å². The fraction of sp³-hybridized carbons (Fsp3) is 0.235. The van der Waals surface area contributed by atoms with E-state index in [1.165, 1.54) is 21.3 Å². The minimum absolute atomic E-state index is 0.270. The highest BCUT2D eigenvalue weighted by atomic mass is 79.9. The highest BCUT2D eigenvalue weighted by Gasteiger charge is 2.17. The van der Waals surface area contributed by atoms with Crippen LogP contribution in [0.3, 0.4) is 0 Å². The molecule has 0 radical (unpaired) electrons. The van der Waals surface area contributed by atoms with E-state index in [-0.39, 0.29) is 5.91 Å². The molecular formula is C17H18BrNO4. The van der Waals surface area contributed by atoms with Gasteiger partial charge in [0.25, 0.3) is 5.91 Å². The number of benzene rings is 2. The van der Waals surface area contributed by atoms with Crippen molar-refractivity contribution in [2.45, 2.75) is 6.92 Å². The highest BCUT2D eigenvalue weighted by molar-refractivity contribution is 9.10. The van der Waals surface area contributed by atoms with Crippen molar-refractivity contribution >= 4 is 27.5 Å². The van der Waals surface area contributed by atoms with Gasteiger partial charge in [0.2, 0.25) is 5.75 Å². The summed E-state index contributed by atoms with van der Waals surface area (Å²) in [6.45, 7) is 1.98. The predicted octanol–water partition coefficient (Wildman–Crippen LogP) is 4.04. The average Bonchev–Trinajstić information content (AvgIpc) is 2.55. The molecule has 0 unspecified atom stereocenters. The molecule has 0 fully saturated rings. The number of carbonyl (C=O) groups is 1. The largest absolute Gasteiger partial charge is 0.493 e. The fourth-order valence-electron chi connectivity index (χ4n) is 2.13. The van der Waals surface area contributed by atoms with Crippen LogP contribution in [0.1, 0.15) is 15.9 Å². The molecule has 5 nitrogen and oxygen atoms in total. The molecule has 2 aromatic carbocycles. The standard InChI is InChI=1S/C17H18BrNO4/c1-10-5-6-13(12(18)7-10)19-17(20)11-8-14(21-2)16(23-4)15(9-11)22-3/h5-9H,1-4H3,(H,19,20). The smallest absolute Gasteiger partial charge is 0.255 e. The van der Waals surface area contributed by atoms with Gasteiger partial charge in [0.15, 0.2) is 11.5 Å². The molecule has 23 heavy (non-hydrogen) atoms. The molecular weight excluding hydrogens is 362 g/mol. The van der Waals surface area contributed by atoms with Gasteiger partial charge in [-0.05, 0) is 52.7 Å². The van der Waals surface area contributed by atoms with Crippen LogP contribution < -0.4 is 19.5 Å². The van der Waals surface area contributed by atoms with Gasteiger partial charge < -0.3 is 19.5 Å². The van der Waals surface area contributed by atoms with Gasteiger partial charge in [-0.3, -0.25) is 4.79 Å². The van der Waals surface area contributed by atoms with Gasteiger partial charge in [-0.1, -0.05) is 6.07 Å². The van der Waals surface area contributed by atoms with Crippen molar-refractivity contribution in [2.75, 3.05) is 26.6 Å². The number of nitrogens with one attached hydrogen (secondary N) is 1. The maximum atomic E-state index is 12.5. The average molecular weight is 380 g/mol. The second-order valence-corrected chi connectivity index (χ2v) is 5.71. The summed E-state index contributed by atoms with van der Waals surface area (Å²) in [7, 11) is 4.54. The third-order valence-corrected chi connectivity index (χ3v) is 3.96. The molecule has 6 heteroatoms. The molecule has 0 aliphatic heterocycles. The molecule has 0 aliphatic rings. The van der Waals surface area contributed by atoms with E-state index in [4.69, 9.17) is 14.2 Å². The van der Waals surface area contributed by atoms with Crippen LogP contribution in [-0.4, -0.2) is 27.2 Å². The first-order chi connectivity index (χ1) is 11.0. The fourth-order valence-corrected chi connectivity index (χ4v) is 2.72. The van der Waals surface area contributed by atoms with Gasteiger partial charge in [0, 0.05) is 10.0 Å². The summed E-state index contributed by atoms with van der Waals surface area (Å²) < 4.78 is 16.6. The quantitative estimate of drug-likeness (QED) is 0.851. The second-order valence-electron chi connectivity index (χ2n) is 4.85. The van der Waals surface area contributed by atoms with Crippen molar-refractivity contribution in [2.24, 2.45) is 0 Å². The number of hydrogen-bond donors (Lipinski definition) is 1. The first-order valence-electron chi connectivity index (χ1n) is 6.87. The van der Waals surface area contributed by atoms with Crippen LogP contribution in [-0.2, 0) is 0 Å². The summed E-state index contributed by atoms with van der Waals surface area (Å²) in [6.07, 6.45) is 0. The Morgan fingerprint density at radius 1 is 1.00 bits per heavy atom. The second kappa shape index (κ2) is 7.37. The van der Waals surface area contributed by atoms with Crippen molar-refractivity contribution in [1.29, 1.82) is 0 Å². The Kier molecular flexibility index (Phi) is 5.50.